The van der Waals surface area contributed by atoms with Crippen molar-refractivity contribution >= 4 is 5.97 Å². The second-order valence-corrected chi connectivity index (χ2v) is 3.85. The predicted molar refractivity (Wildman–Crippen MR) is 61.5 cm³/mol. The Balaban J connectivity index is 2.43. The number of ether oxygens (including phenoxy) is 2. The van der Waals surface area contributed by atoms with Crippen molar-refractivity contribution in [3.05, 3.63) is 23.8 Å². The molecule has 0 fully saturated rings. The maximum Gasteiger partial charge on any atom is 0.312 e. The van der Waals surface area contributed by atoms with Crippen LogP contribution in [0.5, 0.6) is 11.5 Å². The first-order chi connectivity index (χ1) is 8.24. The lowest BCUT2D eigenvalue weighted by Gasteiger charge is -2.16. The second kappa shape index (κ2) is 5.05. The fourth-order valence-corrected chi connectivity index (χ4v) is 1.85. The Morgan fingerprint density at radius 2 is 2.18 bits per heavy atom. The van der Waals surface area contributed by atoms with Gasteiger partial charge in [0.15, 0.2) is 11.5 Å². The number of carboxylic acid groups (broad SMARTS) is 1. The Morgan fingerprint density at radius 1 is 1.41 bits per heavy atom. The third-order valence-electron chi connectivity index (χ3n) is 2.71. The third kappa shape index (κ3) is 2.34. The molecule has 5 heteroatoms. The summed E-state index contributed by atoms with van der Waals surface area (Å²) >= 11 is 0. The van der Waals surface area contributed by atoms with E-state index in [0.717, 1.165) is 6.42 Å². The zero-order chi connectivity index (χ0) is 12.3. The summed E-state index contributed by atoms with van der Waals surface area (Å²) in [4.78, 5) is 11.1. The van der Waals surface area contributed by atoms with Gasteiger partial charge in [0.25, 0.3) is 0 Å². The molecule has 1 aliphatic rings. The number of fused-ring (bicyclic) bond motifs is 1. The highest BCUT2D eigenvalue weighted by Crippen LogP contribution is 2.37. The number of hydrogen-bond acceptors (Lipinski definition) is 4. The molecule has 92 valence electrons. The lowest BCUT2D eigenvalue weighted by Crippen LogP contribution is -2.21. The first kappa shape index (κ1) is 11.7. The van der Waals surface area contributed by atoms with Crippen molar-refractivity contribution in [3.8, 4) is 11.5 Å². The summed E-state index contributed by atoms with van der Waals surface area (Å²) in [5.41, 5.74) is 6.08. The molecule has 0 bridgehead atoms. The van der Waals surface area contributed by atoms with Crippen LogP contribution in [0.25, 0.3) is 0 Å². The van der Waals surface area contributed by atoms with Gasteiger partial charge >= 0.3 is 5.97 Å². The molecule has 1 aromatic carbocycles. The monoisotopic (exact) mass is 237 g/mol. The molecule has 1 aliphatic heterocycles. The van der Waals surface area contributed by atoms with Crippen LogP contribution < -0.4 is 15.2 Å². The molecule has 0 saturated heterocycles. The summed E-state index contributed by atoms with van der Waals surface area (Å²) in [6.07, 6.45) is 0.786. The van der Waals surface area contributed by atoms with Crippen molar-refractivity contribution in [3.63, 3.8) is 0 Å². The number of aliphatic carboxylic acids is 1. The average Bonchev–Trinajstić information content (AvgIpc) is 2.55. The van der Waals surface area contributed by atoms with E-state index in [1.54, 1.807) is 18.2 Å². The van der Waals surface area contributed by atoms with Gasteiger partial charge in [0.2, 0.25) is 0 Å². The van der Waals surface area contributed by atoms with Gasteiger partial charge in [-0.2, -0.15) is 0 Å². The van der Waals surface area contributed by atoms with Gasteiger partial charge in [-0.1, -0.05) is 12.1 Å². The van der Waals surface area contributed by atoms with Crippen LogP contribution in [0.2, 0.25) is 0 Å². The SMILES string of the molecule is NCC(C(=O)O)c1cccc2c1OCCCO2. The fourth-order valence-electron chi connectivity index (χ4n) is 1.85. The predicted octanol–water partition coefficient (Wildman–Crippen LogP) is 0.975. The van der Waals surface area contributed by atoms with Crippen molar-refractivity contribution in [1.82, 2.24) is 0 Å². The standard InChI is InChI=1S/C12H15NO4/c13-7-9(12(14)15)8-3-1-4-10-11(8)17-6-2-5-16-10/h1,3-4,9H,2,5-7,13H2,(H,14,15). The highest BCUT2D eigenvalue weighted by atomic mass is 16.5. The minimum absolute atomic E-state index is 0.0369. The molecule has 0 radical (unpaired) electrons. The number of carbonyl (C=O) groups is 1. The maximum atomic E-state index is 11.1. The van der Waals surface area contributed by atoms with Crippen molar-refractivity contribution in [1.29, 1.82) is 0 Å². The molecular weight excluding hydrogens is 222 g/mol. The summed E-state index contributed by atoms with van der Waals surface area (Å²) in [5, 5.41) is 9.12. The Morgan fingerprint density at radius 3 is 2.88 bits per heavy atom. The van der Waals surface area contributed by atoms with Crippen LogP contribution in [0.15, 0.2) is 18.2 Å². The van der Waals surface area contributed by atoms with Gasteiger partial charge < -0.3 is 20.3 Å². The molecule has 5 nitrogen and oxygen atoms in total. The Kier molecular flexibility index (Phi) is 3.49. The molecule has 2 rings (SSSR count). The fraction of sp³-hybridized carbons (Fsp3) is 0.417. The van der Waals surface area contributed by atoms with E-state index >= 15 is 0 Å². The Labute approximate surface area is 99.1 Å². The molecule has 1 heterocycles. The number of benzene rings is 1. The van der Waals surface area contributed by atoms with Crippen molar-refractivity contribution in [2.24, 2.45) is 5.73 Å². The minimum Gasteiger partial charge on any atom is -0.490 e. The molecule has 1 atom stereocenters. The molecule has 17 heavy (non-hydrogen) atoms. The summed E-state index contributed by atoms with van der Waals surface area (Å²) in [6, 6.07) is 5.26. The molecule has 0 spiro atoms. The molecule has 0 amide bonds. The van der Waals surface area contributed by atoms with Crippen LogP contribution in [-0.2, 0) is 4.79 Å². The molecular formula is C12H15NO4. The van der Waals surface area contributed by atoms with E-state index in [1.807, 2.05) is 0 Å². The molecule has 0 saturated carbocycles. The first-order valence-electron chi connectivity index (χ1n) is 5.55. The van der Waals surface area contributed by atoms with Crippen molar-refractivity contribution in [2.45, 2.75) is 12.3 Å². The van der Waals surface area contributed by atoms with Gasteiger partial charge in [0, 0.05) is 18.5 Å². The van der Waals surface area contributed by atoms with Crippen LogP contribution >= 0.6 is 0 Å². The summed E-state index contributed by atoms with van der Waals surface area (Å²) in [7, 11) is 0. The van der Waals surface area contributed by atoms with Gasteiger partial charge in [-0.3, -0.25) is 4.79 Å². The highest BCUT2D eigenvalue weighted by Gasteiger charge is 2.25. The normalized spacial score (nSPS) is 16.1. The summed E-state index contributed by atoms with van der Waals surface area (Å²) in [5.74, 6) is -0.594. The largest absolute Gasteiger partial charge is 0.490 e. The third-order valence-corrected chi connectivity index (χ3v) is 2.71. The number of carboxylic acids is 1. The van der Waals surface area contributed by atoms with E-state index in [1.165, 1.54) is 0 Å². The second-order valence-electron chi connectivity index (χ2n) is 3.85. The van der Waals surface area contributed by atoms with E-state index in [9.17, 15) is 4.79 Å². The van der Waals surface area contributed by atoms with Crippen LogP contribution in [0, 0.1) is 0 Å². The van der Waals surface area contributed by atoms with Crippen LogP contribution in [0.4, 0.5) is 0 Å². The Hall–Kier alpha value is -1.75. The number of nitrogens with two attached hydrogens (primary N) is 1. The van der Waals surface area contributed by atoms with Gasteiger partial charge in [-0.05, 0) is 6.07 Å². The van der Waals surface area contributed by atoms with Gasteiger partial charge in [0.1, 0.15) is 0 Å². The molecule has 1 unspecified atom stereocenters. The topological polar surface area (TPSA) is 81.8 Å². The lowest BCUT2D eigenvalue weighted by atomic mass is 9.98. The van der Waals surface area contributed by atoms with Gasteiger partial charge in [-0.25, -0.2) is 0 Å². The van der Waals surface area contributed by atoms with E-state index in [0.29, 0.717) is 30.3 Å². The smallest absolute Gasteiger partial charge is 0.312 e. The van der Waals surface area contributed by atoms with E-state index in [-0.39, 0.29) is 6.54 Å². The minimum atomic E-state index is -0.950. The average molecular weight is 237 g/mol. The van der Waals surface area contributed by atoms with Crippen molar-refractivity contribution in [2.75, 3.05) is 19.8 Å². The van der Waals surface area contributed by atoms with Gasteiger partial charge in [-0.15, -0.1) is 0 Å². The number of hydrogen-bond donors (Lipinski definition) is 2. The van der Waals surface area contributed by atoms with Crippen LogP contribution in [0.1, 0.15) is 17.9 Å². The number of rotatable bonds is 3. The first-order valence-corrected chi connectivity index (χ1v) is 5.55. The highest BCUT2D eigenvalue weighted by molar-refractivity contribution is 5.78. The zero-order valence-electron chi connectivity index (χ0n) is 9.39. The van der Waals surface area contributed by atoms with Crippen LogP contribution in [0.3, 0.4) is 0 Å². The molecule has 1 aromatic rings. The Bertz CT molecular complexity index is 419. The molecule has 0 aliphatic carbocycles. The summed E-state index contributed by atoms with van der Waals surface area (Å²) in [6.45, 7) is 1.15. The summed E-state index contributed by atoms with van der Waals surface area (Å²) < 4.78 is 11.1. The maximum absolute atomic E-state index is 11.1. The molecule has 0 aromatic heterocycles. The molecule has 3 N–H and O–H groups in total. The number of para-hydroxylation sites is 1. The van der Waals surface area contributed by atoms with E-state index in [2.05, 4.69) is 0 Å². The quantitative estimate of drug-likeness (QED) is 0.818. The zero-order valence-corrected chi connectivity index (χ0v) is 9.39. The van der Waals surface area contributed by atoms with E-state index in [4.69, 9.17) is 20.3 Å². The van der Waals surface area contributed by atoms with Crippen LogP contribution in [-0.4, -0.2) is 30.8 Å². The lowest BCUT2D eigenvalue weighted by molar-refractivity contribution is -0.138. The van der Waals surface area contributed by atoms with Gasteiger partial charge in [0.05, 0.1) is 19.1 Å². The van der Waals surface area contributed by atoms with E-state index < -0.39 is 11.9 Å². The van der Waals surface area contributed by atoms with Crippen molar-refractivity contribution < 1.29 is 19.4 Å².